The Hall–Kier alpha value is -2.15. The highest BCUT2D eigenvalue weighted by molar-refractivity contribution is 5.78. The third-order valence-corrected chi connectivity index (χ3v) is 4.80. The topological polar surface area (TPSA) is 84.7 Å². The van der Waals surface area contributed by atoms with Crippen molar-refractivity contribution >= 4 is 11.6 Å². The van der Waals surface area contributed by atoms with Crippen LogP contribution in [0.4, 0.5) is 5.69 Å². The molecule has 0 radical (unpaired) electrons. The third kappa shape index (κ3) is 3.44. The molecule has 0 aliphatic carbocycles. The van der Waals surface area contributed by atoms with Crippen LogP contribution in [-0.2, 0) is 4.79 Å². The van der Waals surface area contributed by atoms with E-state index in [0.29, 0.717) is 12.1 Å². The van der Waals surface area contributed by atoms with E-state index in [-0.39, 0.29) is 30.0 Å². The summed E-state index contributed by atoms with van der Waals surface area (Å²) in [6.07, 6.45) is 4.28. The lowest BCUT2D eigenvalue weighted by Gasteiger charge is -2.35. The van der Waals surface area contributed by atoms with Crippen molar-refractivity contribution in [1.29, 1.82) is 0 Å². The molecule has 2 heterocycles. The second-order valence-corrected chi connectivity index (χ2v) is 6.28. The average molecular weight is 319 g/mol. The van der Waals surface area contributed by atoms with Crippen molar-refractivity contribution in [3.05, 3.63) is 34.4 Å². The summed E-state index contributed by atoms with van der Waals surface area (Å²) in [7, 11) is 1.79. The minimum absolute atomic E-state index is 0.122. The number of amides is 1. The van der Waals surface area contributed by atoms with Gasteiger partial charge in [-0.3, -0.25) is 14.9 Å². The molecule has 7 nitrogen and oxygen atoms in total. The predicted octanol–water partition coefficient (Wildman–Crippen LogP) is 1.71. The molecule has 2 aliphatic heterocycles. The number of carbonyl (C=O) groups is 1. The Morgan fingerprint density at radius 2 is 2.00 bits per heavy atom. The van der Waals surface area contributed by atoms with Gasteiger partial charge in [-0.2, -0.15) is 0 Å². The molecule has 23 heavy (non-hydrogen) atoms. The van der Waals surface area contributed by atoms with Gasteiger partial charge in [0.1, 0.15) is 0 Å². The maximum Gasteiger partial charge on any atom is 0.310 e. The van der Waals surface area contributed by atoms with Gasteiger partial charge in [0, 0.05) is 31.2 Å². The summed E-state index contributed by atoms with van der Waals surface area (Å²) in [4.78, 5) is 24.5. The molecule has 1 aromatic rings. The first-order chi connectivity index (χ1) is 11.0. The molecule has 0 aromatic heterocycles. The van der Waals surface area contributed by atoms with Crippen LogP contribution in [0.25, 0.3) is 0 Å². The summed E-state index contributed by atoms with van der Waals surface area (Å²) in [6, 6.07) is 7.33. The third-order valence-electron chi connectivity index (χ3n) is 4.80. The van der Waals surface area contributed by atoms with Crippen LogP contribution in [-0.4, -0.2) is 47.5 Å². The highest BCUT2D eigenvalue weighted by atomic mass is 16.6. The number of hydrogen-bond acceptors (Lipinski definition) is 5. The maximum absolute atomic E-state index is 12.3. The maximum atomic E-state index is 12.3. The molecule has 2 unspecified atom stereocenters. The quantitative estimate of drug-likeness (QED) is 0.660. The number of benzene rings is 1. The number of nitro groups is 1. The number of nitro benzene ring substituents is 1. The van der Waals surface area contributed by atoms with Gasteiger partial charge in [0.05, 0.1) is 4.92 Å². The Morgan fingerprint density at radius 3 is 2.65 bits per heavy atom. The SMILES string of the molecule is CN(C(=O)COc1ccccc1[N+](=O)[O-])C1CC2CCC(C1)N2. The summed E-state index contributed by atoms with van der Waals surface area (Å²) >= 11 is 0. The largest absolute Gasteiger partial charge is 0.477 e. The van der Waals surface area contributed by atoms with E-state index >= 15 is 0 Å². The van der Waals surface area contributed by atoms with Gasteiger partial charge in [0.2, 0.25) is 0 Å². The summed E-state index contributed by atoms with van der Waals surface area (Å²) in [5.74, 6) is -0.0147. The fraction of sp³-hybridized carbons (Fsp3) is 0.562. The van der Waals surface area contributed by atoms with Gasteiger partial charge in [0.25, 0.3) is 5.91 Å². The summed E-state index contributed by atoms with van der Waals surface area (Å²) in [6.45, 7) is -0.180. The molecule has 1 amide bonds. The van der Waals surface area contributed by atoms with Gasteiger partial charge in [-0.1, -0.05) is 12.1 Å². The smallest absolute Gasteiger partial charge is 0.310 e. The molecule has 2 bridgehead atoms. The number of fused-ring (bicyclic) bond motifs is 2. The zero-order chi connectivity index (χ0) is 16.4. The number of likely N-dealkylation sites (N-methyl/N-ethyl adjacent to an activating group) is 1. The van der Waals surface area contributed by atoms with E-state index in [2.05, 4.69) is 5.32 Å². The van der Waals surface area contributed by atoms with E-state index in [1.54, 1.807) is 24.1 Å². The highest BCUT2D eigenvalue weighted by Gasteiger charge is 2.36. The van der Waals surface area contributed by atoms with Gasteiger partial charge < -0.3 is 15.0 Å². The van der Waals surface area contributed by atoms with Gasteiger partial charge >= 0.3 is 5.69 Å². The molecule has 2 atom stereocenters. The molecule has 124 valence electrons. The Balaban J connectivity index is 1.58. The zero-order valence-corrected chi connectivity index (χ0v) is 13.1. The van der Waals surface area contributed by atoms with Crippen molar-refractivity contribution in [3.63, 3.8) is 0 Å². The molecule has 1 aromatic carbocycles. The predicted molar refractivity (Wildman–Crippen MR) is 84.3 cm³/mol. The standard InChI is InChI=1S/C16H21N3O4/c1-18(13-8-11-6-7-12(9-13)17-11)16(20)10-23-15-5-3-2-4-14(15)19(21)22/h2-5,11-13,17H,6-10H2,1H3. The monoisotopic (exact) mass is 319 g/mol. The van der Waals surface area contributed by atoms with Crippen molar-refractivity contribution in [3.8, 4) is 5.75 Å². The van der Waals surface area contributed by atoms with Crippen LogP contribution in [0.1, 0.15) is 25.7 Å². The first kappa shape index (κ1) is 15.7. The summed E-state index contributed by atoms with van der Waals surface area (Å²) < 4.78 is 5.39. The summed E-state index contributed by atoms with van der Waals surface area (Å²) in [5, 5.41) is 14.5. The van der Waals surface area contributed by atoms with Gasteiger partial charge in [0.15, 0.2) is 12.4 Å². The molecule has 2 saturated heterocycles. The fourth-order valence-corrected chi connectivity index (χ4v) is 3.52. The van der Waals surface area contributed by atoms with Crippen LogP contribution in [0.15, 0.2) is 24.3 Å². The Bertz CT molecular complexity index is 595. The normalized spacial score (nSPS) is 25.9. The lowest BCUT2D eigenvalue weighted by molar-refractivity contribution is -0.385. The Labute approximate surface area is 134 Å². The lowest BCUT2D eigenvalue weighted by atomic mass is 9.98. The van der Waals surface area contributed by atoms with E-state index < -0.39 is 4.92 Å². The number of carbonyl (C=O) groups excluding carboxylic acids is 1. The number of nitrogens with one attached hydrogen (secondary N) is 1. The van der Waals surface area contributed by atoms with Gasteiger partial charge in [-0.15, -0.1) is 0 Å². The van der Waals surface area contributed by atoms with Crippen molar-refractivity contribution in [2.75, 3.05) is 13.7 Å². The fourth-order valence-electron chi connectivity index (χ4n) is 3.52. The van der Waals surface area contributed by atoms with Crippen LogP contribution in [0, 0.1) is 10.1 Å². The van der Waals surface area contributed by atoms with Gasteiger partial charge in [-0.25, -0.2) is 0 Å². The number of ether oxygens (including phenoxy) is 1. The molecule has 0 saturated carbocycles. The molecule has 0 spiro atoms. The number of rotatable bonds is 5. The van der Waals surface area contributed by atoms with Crippen LogP contribution < -0.4 is 10.1 Å². The molecular formula is C16H21N3O4. The molecular weight excluding hydrogens is 298 g/mol. The number of para-hydroxylation sites is 2. The number of hydrogen-bond donors (Lipinski definition) is 1. The molecule has 7 heteroatoms. The first-order valence-corrected chi connectivity index (χ1v) is 7.92. The molecule has 1 N–H and O–H groups in total. The van der Waals surface area contributed by atoms with Crippen molar-refractivity contribution in [2.24, 2.45) is 0 Å². The second kappa shape index (κ2) is 6.54. The van der Waals surface area contributed by atoms with E-state index in [4.69, 9.17) is 4.74 Å². The van der Waals surface area contributed by atoms with E-state index in [1.165, 1.54) is 25.0 Å². The van der Waals surface area contributed by atoms with Crippen LogP contribution in [0.2, 0.25) is 0 Å². The molecule has 2 fully saturated rings. The van der Waals surface area contributed by atoms with Crippen molar-refractivity contribution < 1.29 is 14.5 Å². The summed E-state index contributed by atoms with van der Waals surface area (Å²) in [5.41, 5.74) is -0.122. The zero-order valence-electron chi connectivity index (χ0n) is 13.1. The van der Waals surface area contributed by atoms with Crippen LogP contribution in [0.3, 0.4) is 0 Å². The van der Waals surface area contributed by atoms with Crippen LogP contribution in [0.5, 0.6) is 5.75 Å². The van der Waals surface area contributed by atoms with Gasteiger partial charge in [-0.05, 0) is 31.7 Å². The van der Waals surface area contributed by atoms with E-state index in [9.17, 15) is 14.9 Å². The minimum Gasteiger partial charge on any atom is -0.477 e. The van der Waals surface area contributed by atoms with Crippen LogP contribution >= 0.6 is 0 Å². The molecule has 2 aliphatic rings. The van der Waals surface area contributed by atoms with Crippen molar-refractivity contribution in [1.82, 2.24) is 10.2 Å². The number of nitrogens with zero attached hydrogens (tertiary/aromatic N) is 2. The number of piperidine rings is 1. The lowest BCUT2D eigenvalue weighted by Crippen LogP contribution is -2.49. The first-order valence-electron chi connectivity index (χ1n) is 7.92. The Kier molecular flexibility index (Phi) is 4.47. The average Bonchev–Trinajstić information content (AvgIpc) is 2.90. The van der Waals surface area contributed by atoms with E-state index in [1.807, 2.05) is 0 Å². The second-order valence-electron chi connectivity index (χ2n) is 6.28. The minimum atomic E-state index is -0.506. The molecule has 3 rings (SSSR count). The van der Waals surface area contributed by atoms with Crippen molar-refractivity contribution in [2.45, 2.75) is 43.8 Å². The Morgan fingerprint density at radius 1 is 1.35 bits per heavy atom. The van der Waals surface area contributed by atoms with E-state index in [0.717, 1.165) is 12.8 Å². The highest BCUT2D eigenvalue weighted by Crippen LogP contribution is 2.30.